The summed E-state index contributed by atoms with van der Waals surface area (Å²) in [5.74, 6) is 0.683. The smallest absolute Gasteiger partial charge is 0.341 e. The number of nitrogen functional groups attached to an aromatic ring is 1. The summed E-state index contributed by atoms with van der Waals surface area (Å²) in [6, 6.07) is 14.9. The number of nitrogens with two attached hydrogens (primary N) is 1. The first-order chi connectivity index (χ1) is 13.4. The molecule has 0 saturated heterocycles. The number of hydrogen-bond donors (Lipinski definition) is 2. The number of para-hydroxylation sites is 1. The van der Waals surface area contributed by atoms with Crippen LogP contribution in [0.25, 0.3) is 0 Å². The molecule has 0 aliphatic carbocycles. The maximum atomic E-state index is 12.5. The minimum atomic E-state index is -4.04. The van der Waals surface area contributed by atoms with Crippen molar-refractivity contribution in [3.8, 4) is 11.5 Å². The third kappa shape index (κ3) is 5.14. The quantitative estimate of drug-likeness (QED) is 0.340. The van der Waals surface area contributed by atoms with Gasteiger partial charge in [-0.1, -0.05) is 12.1 Å². The monoisotopic (exact) mass is 399 g/mol. The first-order valence-electron chi connectivity index (χ1n) is 8.61. The van der Waals surface area contributed by atoms with Gasteiger partial charge in [0.1, 0.15) is 23.0 Å². The molecule has 3 aromatic rings. The number of hydrogen-bond acceptors (Lipinski definition) is 7. The van der Waals surface area contributed by atoms with Crippen LogP contribution >= 0.6 is 0 Å². The van der Waals surface area contributed by atoms with E-state index in [0.29, 0.717) is 18.9 Å². The van der Waals surface area contributed by atoms with Crippen molar-refractivity contribution in [2.45, 2.75) is 11.8 Å². The van der Waals surface area contributed by atoms with Gasteiger partial charge in [-0.25, -0.2) is 0 Å². The van der Waals surface area contributed by atoms with E-state index < -0.39 is 10.1 Å². The van der Waals surface area contributed by atoms with Crippen molar-refractivity contribution in [2.24, 2.45) is 0 Å². The van der Waals surface area contributed by atoms with Gasteiger partial charge in [0, 0.05) is 30.7 Å². The van der Waals surface area contributed by atoms with E-state index in [1.54, 1.807) is 30.6 Å². The fraction of sp³-hybridized carbons (Fsp3) is 0.150. The standard InChI is InChI=1S/C20H21N3O4S/c1-15-12-17(26-11-10-23-16-6-8-22-9-7-16)14-18(13-15)27-28(24,25)20-5-3-2-4-19(20)21/h2-9,12-14H,10-11,21H2,1H3,(H,22,23). The highest BCUT2D eigenvalue weighted by Crippen LogP contribution is 2.27. The molecular formula is C20H21N3O4S. The summed E-state index contributed by atoms with van der Waals surface area (Å²) in [7, 11) is -4.04. The Hall–Kier alpha value is -3.26. The van der Waals surface area contributed by atoms with E-state index in [9.17, 15) is 8.42 Å². The highest BCUT2D eigenvalue weighted by molar-refractivity contribution is 7.87. The molecule has 0 aliphatic rings. The lowest BCUT2D eigenvalue weighted by atomic mass is 10.2. The van der Waals surface area contributed by atoms with Crippen LogP contribution in [0, 0.1) is 6.92 Å². The molecule has 3 rings (SSSR count). The highest BCUT2D eigenvalue weighted by atomic mass is 32.2. The summed E-state index contributed by atoms with van der Waals surface area (Å²) in [6.45, 7) is 2.80. The Morgan fingerprint density at radius 2 is 1.75 bits per heavy atom. The Labute approximate surface area is 164 Å². The van der Waals surface area contributed by atoms with E-state index in [0.717, 1.165) is 11.3 Å². The summed E-state index contributed by atoms with van der Waals surface area (Å²) in [5.41, 5.74) is 7.64. The summed E-state index contributed by atoms with van der Waals surface area (Å²) in [4.78, 5) is 3.89. The van der Waals surface area contributed by atoms with Crippen molar-refractivity contribution < 1.29 is 17.3 Å². The molecule has 1 aromatic heterocycles. The molecule has 0 spiro atoms. The molecule has 7 nitrogen and oxygen atoms in total. The first-order valence-corrected chi connectivity index (χ1v) is 10.0. The van der Waals surface area contributed by atoms with E-state index >= 15 is 0 Å². The largest absolute Gasteiger partial charge is 0.492 e. The molecule has 1 heterocycles. The fourth-order valence-electron chi connectivity index (χ4n) is 2.56. The van der Waals surface area contributed by atoms with Crippen molar-refractivity contribution in [2.75, 3.05) is 24.2 Å². The molecule has 0 saturated carbocycles. The van der Waals surface area contributed by atoms with Gasteiger partial charge in [0.25, 0.3) is 0 Å². The predicted octanol–water partition coefficient (Wildman–Crippen LogP) is 3.23. The summed E-state index contributed by atoms with van der Waals surface area (Å²) < 4.78 is 36.0. The molecule has 0 unspecified atom stereocenters. The van der Waals surface area contributed by atoms with Crippen LogP contribution in [0.4, 0.5) is 11.4 Å². The van der Waals surface area contributed by atoms with Gasteiger partial charge >= 0.3 is 10.1 Å². The minimum absolute atomic E-state index is 0.0690. The fourth-order valence-corrected chi connectivity index (χ4v) is 3.60. The Bertz CT molecular complexity index is 1040. The zero-order chi connectivity index (χ0) is 20.0. The Balaban J connectivity index is 1.65. The summed E-state index contributed by atoms with van der Waals surface area (Å²) >= 11 is 0. The van der Waals surface area contributed by atoms with Crippen LogP contribution in [0.2, 0.25) is 0 Å². The lowest BCUT2D eigenvalue weighted by Crippen LogP contribution is -2.13. The third-order valence-corrected chi connectivity index (χ3v) is 5.12. The van der Waals surface area contributed by atoms with Crippen molar-refractivity contribution in [3.63, 3.8) is 0 Å². The Morgan fingerprint density at radius 3 is 2.50 bits per heavy atom. The van der Waals surface area contributed by atoms with E-state index in [2.05, 4.69) is 10.3 Å². The molecular weight excluding hydrogens is 378 g/mol. The summed E-state index contributed by atoms with van der Waals surface area (Å²) in [6.07, 6.45) is 3.40. The van der Waals surface area contributed by atoms with Gasteiger partial charge in [-0.05, 0) is 48.9 Å². The van der Waals surface area contributed by atoms with Gasteiger partial charge in [0.2, 0.25) is 0 Å². The first kappa shape index (κ1) is 19.5. The maximum absolute atomic E-state index is 12.5. The van der Waals surface area contributed by atoms with E-state index in [-0.39, 0.29) is 16.3 Å². The number of rotatable bonds is 8. The van der Waals surface area contributed by atoms with Crippen LogP contribution in [0.5, 0.6) is 11.5 Å². The Morgan fingerprint density at radius 1 is 1.04 bits per heavy atom. The average molecular weight is 399 g/mol. The van der Waals surface area contributed by atoms with Gasteiger partial charge in [0.15, 0.2) is 0 Å². The van der Waals surface area contributed by atoms with Crippen molar-refractivity contribution in [1.82, 2.24) is 4.98 Å². The van der Waals surface area contributed by atoms with Gasteiger partial charge in [-0.2, -0.15) is 8.42 Å². The zero-order valence-corrected chi connectivity index (χ0v) is 16.1. The van der Waals surface area contributed by atoms with Crippen LogP contribution < -0.4 is 20.0 Å². The van der Waals surface area contributed by atoms with Gasteiger partial charge in [-0.15, -0.1) is 0 Å². The third-order valence-electron chi connectivity index (χ3n) is 3.80. The number of anilines is 2. The number of aromatic nitrogens is 1. The van der Waals surface area contributed by atoms with Crippen LogP contribution in [0.15, 0.2) is 71.9 Å². The number of nitrogens with zero attached hydrogens (tertiary/aromatic N) is 1. The van der Waals surface area contributed by atoms with Gasteiger partial charge < -0.3 is 20.0 Å². The molecule has 8 heteroatoms. The normalized spacial score (nSPS) is 11.0. The molecule has 0 fully saturated rings. The maximum Gasteiger partial charge on any atom is 0.341 e. The minimum Gasteiger partial charge on any atom is -0.492 e. The van der Waals surface area contributed by atoms with Crippen molar-refractivity contribution in [3.05, 3.63) is 72.6 Å². The molecule has 0 amide bonds. The Kier molecular flexibility index (Phi) is 6.00. The van der Waals surface area contributed by atoms with Gasteiger partial charge in [0.05, 0.1) is 5.69 Å². The van der Waals surface area contributed by atoms with E-state index in [1.165, 1.54) is 18.2 Å². The SMILES string of the molecule is Cc1cc(OCCNc2ccncc2)cc(OS(=O)(=O)c2ccccc2N)c1. The highest BCUT2D eigenvalue weighted by Gasteiger charge is 2.20. The molecule has 0 atom stereocenters. The molecule has 0 aliphatic heterocycles. The lowest BCUT2D eigenvalue weighted by Gasteiger charge is -2.12. The molecule has 146 valence electrons. The van der Waals surface area contributed by atoms with Crippen LogP contribution in [0.3, 0.4) is 0 Å². The van der Waals surface area contributed by atoms with Crippen LogP contribution in [-0.2, 0) is 10.1 Å². The zero-order valence-electron chi connectivity index (χ0n) is 15.3. The number of aryl methyl sites for hydroxylation is 1. The molecule has 3 N–H and O–H groups in total. The second kappa shape index (κ2) is 8.62. The number of ether oxygens (including phenoxy) is 1. The topological polar surface area (TPSA) is 104 Å². The molecule has 2 aromatic carbocycles. The van der Waals surface area contributed by atoms with E-state index in [4.69, 9.17) is 14.7 Å². The number of benzene rings is 2. The second-order valence-corrected chi connectivity index (χ2v) is 7.58. The van der Waals surface area contributed by atoms with Crippen LogP contribution in [0.1, 0.15) is 5.56 Å². The second-order valence-electron chi connectivity index (χ2n) is 6.07. The summed E-state index contributed by atoms with van der Waals surface area (Å²) in [5, 5.41) is 3.20. The molecule has 0 radical (unpaired) electrons. The van der Waals surface area contributed by atoms with Gasteiger partial charge in [-0.3, -0.25) is 4.98 Å². The van der Waals surface area contributed by atoms with Crippen molar-refractivity contribution in [1.29, 1.82) is 0 Å². The molecule has 0 bridgehead atoms. The van der Waals surface area contributed by atoms with E-state index in [1.807, 2.05) is 25.1 Å². The van der Waals surface area contributed by atoms with Crippen molar-refractivity contribution >= 4 is 21.5 Å². The average Bonchev–Trinajstić information content (AvgIpc) is 2.65. The lowest BCUT2D eigenvalue weighted by molar-refractivity contribution is 0.331. The number of pyridine rings is 1. The number of nitrogens with one attached hydrogen (secondary N) is 1. The van der Waals surface area contributed by atoms with Crippen LogP contribution in [-0.4, -0.2) is 26.6 Å². The molecule has 28 heavy (non-hydrogen) atoms. The predicted molar refractivity (Wildman–Crippen MR) is 108 cm³/mol.